The van der Waals surface area contributed by atoms with Gasteiger partial charge in [0.15, 0.2) is 34.9 Å². The Morgan fingerprint density at radius 1 is 0.141 bits per heavy atom. The van der Waals surface area contributed by atoms with Gasteiger partial charge in [-0.3, -0.25) is 0 Å². The predicted octanol–water partition coefficient (Wildman–Crippen LogP) is 31.6. The first-order chi connectivity index (χ1) is 63.4. The number of para-hydroxylation sites is 2. The van der Waals surface area contributed by atoms with Crippen molar-refractivity contribution in [3.05, 3.63) is 461 Å². The molecule has 17 aromatic carbocycles. The summed E-state index contributed by atoms with van der Waals surface area (Å²) in [5, 5.41) is 4.53. The van der Waals surface area contributed by atoms with Crippen LogP contribution in [0, 0.1) is 0 Å². The number of rotatable bonds is 17. The molecule has 6 heterocycles. The molecular formula is C118H76N8S2. The summed E-state index contributed by atoms with van der Waals surface area (Å²) in [6.07, 6.45) is 0. The molecule has 0 aliphatic rings. The highest BCUT2D eigenvalue weighted by atomic mass is 32.1. The summed E-state index contributed by atoms with van der Waals surface area (Å²) >= 11 is 3.68. The van der Waals surface area contributed by atoms with E-state index < -0.39 is 0 Å². The molecule has 0 fully saturated rings. The lowest BCUT2D eigenvalue weighted by Crippen LogP contribution is -2.00. The van der Waals surface area contributed by atoms with E-state index in [0.717, 1.165) is 155 Å². The molecule has 0 N–H and O–H groups in total. The first-order valence-corrected chi connectivity index (χ1v) is 44.5. The SMILES string of the molecule is c1ccc(-c2cc(-c3ccccc3)cc(-c3sc4c(c(-c5ccccc5)nc5ccccc54)c3-c3cccc(-c4nc(-c5ccccc5)nc(-c5ccccc5)n4)c3)c2)cc1.c1ccc(-c2cccc(-c3nc(-c4ccccc4)nc(-c4ccc(-c5c(-c6cc(-c7ccccc7)cc(-c7ccccc7)c6)sc6c5c(-c5ccccc5)nc5ccccc56)cc4)n3)c2)cc1. The third-order valence-electron chi connectivity index (χ3n) is 23.4. The highest BCUT2D eigenvalue weighted by Gasteiger charge is 2.28. The van der Waals surface area contributed by atoms with Crippen molar-refractivity contribution in [2.45, 2.75) is 0 Å². The lowest BCUT2D eigenvalue weighted by molar-refractivity contribution is 1.07. The third kappa shape index (κ3) is 15.6. The fraction of sp³-hybridized carbons (Fsp3) is 0. The smallest absolute Gasteiger partial charge is 0.164 e. The van der Waals surface area contributed by atoms with Crippen LogP contribution < -0.4 is 0 Å². The topological polar surface area (TPSA) is 103 Å². The number of fused-ring (bicyclic) bond motifs is 6. The molecule has 8 nitrogen and oxygen atoms in total. The molecule has 0 bridgehead atoms. The van der Waals surface area contributed by atoms with E-state index in [1.165, 1.54) is 41.4 Å². The van der Waals surface area contributed by atoms with Crippen LogP contribution in [0.5, 0.6) is 0 Å². The summed E-state index contributed by atoms with van der Waals surface area (Å²) in [4.78, 5) is 43.8. The van der Waals surface area contributed by atoms with Crippen LogP contribution in [-0.4, -0.2) is 39.9 Å². The number of hydrogen-bond donors (Lipinski definition) is 0. The van der Waals surface area contributed by atoms with Gasteiger partial charge in [-0.1, -0.05) is 400 Å². The highest BCUT2D eigenvalue weighted by Crippen LogP contribution is 2.54. The van der Waals surface area contributed by atoms with Crippen molar-refractivity contribution in [1.29, 1.82) is 0 Å². The van der Waals surface area contributed by atoms with Crippen molar-refractivity contribution in [1.82, 2.24) is 39.9 Å². The number of benzene rings is 17. The molecule has 0 saturated carbocycles. The number of hydrogen-bond acceptors (Lipinski definition) is 10. The van der Waals surface area contributed by atoms with Crippen molar-refractivity contribution < 1.29 is 0 Å². The average Bonchev–Trinajstić information content (AvgIpc) is 1.57. The molecule has 23 rings (SSSR count). The maximum Gasteiger partial charge on any atom is 0.164 e. The second-order valence-corrected chi connectivity index (χ2v) is 33.6. The van der Waals surface area contributed by atoms with Gasteiger partial charge in [-0.2, -0.15) is 0 Å². The minimum absolute atomic E-state index is 0.608. The van der Waals surface area contributed by atoms with Gasteiger partial charge in [0.05, 0.1) is 22.4 Å². The van der Waals surface area contributed by atoms with Gasteiger partial charge < -0.3 is 0 Å². The molecule has 0 spiro atoms. The summed E-state index contributed by atoms with van der Waals surface area (Å²) in [6.45, 7) is 0. The Hall–Kier alpha value is -16.5. The zero-order valence-electron chi connectivity index (χ0n) is 69.3. The summed E-state index contributed by atoms with van der Waals surface area (Å²) in [6, 6.07) is 162. The van der Waals surface area contributed by atoms with E-state index in [2.05, 4.69) is 364 Å². The zero-order valence-corrected chi connectivity index (χ0v) is 70.9. The molecule has 0 radical (unpaired) electrons. The number of aromatic nitrogens is 8. The quantitative estimate of drug-likeness (QED) is 0.0888. The van der Waals surface area contributed by atoms with Crippen LogP contribution in [0.4, 0.5) is 0 Å². The molecule has 6 aromatic heterocycles. The second-order valence-electron chi connectivity index (χ2n) is 31.6. The minimum Gasteiger partial charge on any atom is -0.247 e. The number of pyridine rings is 2. The Balaban J connectivity index is 0.000000151. The standard InChI is InChI=1S/C62H40N4S.C56H36N4S/c1-6-19-41(20-7-1)48-29-18-30-49(37-48)62-65-60(46-27-14-5-15-28-46)64-61(66-62)47-35-33-44(34-36-47)55-56-57(45-25-12-4-13-26-45)63-54-32-17-16-31-53(54)59(56)67-58(55)52-39-50(42-21-8-2-9-22-42)38-51(40-52)43-23-10-3-11-24-43;1-6-19-37(20-7-1)44-34-45(38-21-8-2-9-22-38)36-46(35-44)52-49(50-51(39-23-10-3-11-24-39)57-48-32-17-16-31-47(48)53(50)61-52)42-29-18-30-43(33-42)56-59-54(40-25-12-4-13-26-40)58-55(60-56)41-27-14-5-15-28-41/h1-40H;1-36H. The van der Waals surface area contributed by atoms with Gasteiger partial charge in [0.25, 0.3) is 0 Å². The lowest BCUT2D eigenvalue weighted by Gasteiger charge is -2.14. The maximum absolute atomic E-state index is 5.44. The van der Waals surface area contributed by atoms with Crippen LogP contribution in [0.15, 0.2) is 461 Å². The lowest BCUT2D eigenvalue weighted by atomic mass is 9.91. The minimum atomic E-state index is 0.608. The van der Waals surface area contributed by atoms with Gasteiger partial charge in [-0.25, -0.2) is 39.9 Å². The van der Waals surface area contributed by atoms with Crippen molar-refractivity contribution in [2.24, 2.45) is 0 Å². The summed E-state index contributed by atoms with van der Waals surface area (Å²) < 4.78 is 2.40. The van der Waals surface area contributed by atoms with Gasteiger partial charge in [0.1, 0.15) is 0 Å². The monoisotopic (exact) mass is 1670 g/mol. The van der Waals surface area contributed by atoms with Gasteiger partial charge >= 0.3 is 0 Å². The van der Waals surface area contributed by atoms with Gasteiger partial charge in [0, 0.05) is 96.3 Å². The molecule has 23 aromatic rings. The van der Waals surface area contributed by atoms with Gasteiger partial charge in [0.2, 0.25) is 0 Å². The largest absolute Gasteiger partial charge is 0.247 e. The molecule has 10 heteroatoms. The Morgan fingerprint density at radius 3 is 0.695 bits per heavy atom. The molecule has 128 heavy (non-hydrogen) atoms. The van der Waals surface area contributed by atoms with E-state index in [1.807, 2.05) is 120 Å². The van der Waals surface area contributed by atoms with E-state index in [0.29, 0.717) is 34.9 Å². The number of nitrogens with zero attached hydrogens (tertiary/aromatic N) is 8. The first kappa shape index (κ1) is 77.5. The Bertz CT molecular complexity index is 7810. The molecular weight excluding hydrogens is 1590 g/mol. The van der Waals surface area contributed by atoms with Gasteiger partial charge in [-0.05, 0) is 139 Å². The normalized spacial score (nSPS) is 11.3. The van der Waals surface area contributed by atoms with Gasteiger partial charge in [-0.15, -0.1) is 22.7 Å². The van der Waals surface area contributed by atoms with Crippen molar-refractivity contribution in [3.63, 3.8) is 0 Å². The van der Waals surface area contributed by atoms with Crippen molar-refractivity contribution in [2.75, 3.05) is 0 Å². The Labute approximate surface area is 749 Å². The molecule has 0 saturated heterocycles. The van der Waals surface area contributed by atoms with Crippen LogP contribution in [-0.2, 0) is 0 Å². The molecule has 0 aliphatic carbocycles. The van der Waals surface area contributed by atoms with Crippen LogP contribution in [0.2, 0.25) is 0 Å². The molecule has 0 aliphatic heterocycles. The van der Waals surface area contributed by atoms with Crippen molar-refractivity contribution in [3.8, 4) is 190 Å². The van der Waals surface area contributed by atoms with Crippen LogP contribution in [0.1, 0.15) is 0 Å². The van der Waals surface area contributed by atoms with Crippen molar-refractivity contribution >= 4 is 64.7 Å². The molecule has 0 amide bonds. The number of thiophene rings is 2. The third-order valence-corrected chi connectivity index (χ3v) is 25.9. The predicted molar refractivity (Wildman–Crippen MR) is 533 cm³/mol. The molecule has 600 valence electrons. The van der Waals surface area contributed by atoms with Crippen LogP contribution >= 0.6 is 22.7 Å². The summed E-state index contributed by atoms with van der Waals surface area (Å²) in [5.74, 6) is 3.72. The maximum atomic E-state index is 5.44. The highest BCUT2D eigenvalue weighted by molar-refractivity contribution is 7.24. The van der Waals surface area contributed by atoms with Crippen LogP contribution in [0.3, 0.4) is 0 Å². The molecule has 0 unspecified atom stereocenters. The zero-order chi connectivity index (χ0) is 85.1. The van der Waals surface area contributed by atoms with E-state index in [4.69, 9.17) is 39.9 Å². The average molecular weight is 1670 g/mol. The van der Waals surface area contributed by atoms with E-state index in [-0.39, 0.29) is 0 Å². The van der Waals surface area contributed by atoms with E-state index >= 15 is 0 Å². The summed E-state index contributed by atoms with van der Waals surface area (Å²) in [7, 11) is 0. The molecule has 0 atom stereocenters. The fourth-order valence-corrected chi connectivity index (χ4v) is 19.9. The first-order valence-electron chi connectivity index (χ1n) is 42.8. The fourth-order valence-electron chi connectivity index (χ4n) is 17.2. The summed E-state index contributed by atoms with van der Waals surface area (Å²) in [5.41, 5.74) is 29.8. The van der Waals surface area contributed by atoms with E-state index in [1.54, 1.807) is 0 Å². The Morgan fingerprint density at radius 2 is 0.359 bits per heavy atom. The van der Waals surface area contributed by atoms with E-state index in [9.17, 15) is 0 Å². The second kappa shape index (κ2) is 34.7. The van der Waals surface area contributed by atoms with Crippen LogP contribution in [0.25, 0.3) is 232 Å². The Kier molecular flexibility index (Phi) is 21.0.